The monoisotopic (exact) mass is 273 g/mol. The minimum absolute atomic E-state index is 0.0470. The first kappa shape index (κ1) is 14.5. The zero-order valence-electron chi connectivity index (χ0n) is 11.9. The Hall–Kier alpha value is -1.87. The highest BCUT2D eigenvalue weighted by molar-refractivity contribution is 5.52. The molecule has 2 aromatic carbocycles. The number of halogens is 1. The third-order valence-electron chi connectivity index (χ3n) is 3.34. The fourth-order valence-corrected chi connectivity index (χ4v) is 2.29. The van der Waals surface area contributed by atoms with Crippen molar-refractivity contribution in [2.45, 2.75) is 26.0 Å². The van der Waals surface area contributed by atoms with E-state index in [4.69, 9.17) is 4.74 Å². The highest BCUT2D eigenvalue weighted by atomic mass is 19.1. The van der Waals surface area contributed by atoms with E-state index in [0.29, 0.717) is 12.2 Å². The third kappa shape index (κ3) is 3.36. The predicted octanol–water partition coefficient (Wildman–Crippen LogP) is 4.54. The van der Waals surface area contributed by atoms with Gasteiger partial charge in [0.1, 0.15) is 5.82 Å². The second-order valence-corrected chi connectivity index (χ2v) is 4.72. The molecule has 0 aromatic heterocycles. The second-order valence-electron chi connectivity index (χ2n) is 4.72. The molecule has 0 aliphatic carbocycles. The van der Waals surface area contributed by atoms with E-state index < -0.39 is 0 Å². The summed E-state index contributed by atoms with van der Waals surface area (Å²) in [6.45, 7) is 2.58. The van der Waals surface area contributed by atoms with Crippen molar-refractivity contribution in [3.63, 3.8) is 0 Å². The fraction of sp³-hybridized carbons (Fsp3) is 0.294. The fourth-order valence-electron chi connectivity index (χ4n) is 2.29. The van der Waals surface area contributed by atoms with Crippen LogP contribution in [-0.4, -0.2) is 7.11 Å². The van der Waals surface area contributed by atoms with E-state index in [9.17, 15) is 4.39 Å². The minimum atomic E-state index is -0.170. The van der Waals surface area contributed by atoms with Crippen molar-refractivity contribution in [3.05, 3.63) is 65.5 Å². The maximum Gasteiger partial charge on any atom is 0.128 e. The molecule has 0 heterocycles. The van der Waals surface area contributed by atoms with Crippen LogP contribution >= 0.6 is 0 Å². The first-order valence-corrected chi connectivity index (χ1v) is 6.84. The summed E-state index contributed by atoms with van der Waals surface area (Å²) in [5, 5.41) is 3.42. The molecule has 0 spiro atoms. The van der Waals surface area contributed by atoms with Gasteiger partial charge in [0, 0.05) is 23.9 Å². The molecule has 3 heteroatoms. The SMILES string of the molecule is CCC(Nc1ccccc1COC)c1ccccc1F. The van der Waals surface area contributed by atoms with Crippen LogP contribution in [0.4, 0.5) is 10.1 Å². The molecule has 0 saturated carbocycles. The Bertz CT molecular complexity index is 556. The standard InChI is InChI=1S/C17H20FNO/c1-3-16(14-9-5-6-10-15(14)18)19-17-11-7-4-8-13(17)12-20-2/h4-11,16,19H,3,12H2,1-2H3. The summed E-state index contributed by atoms with van der Waals surface area (Å²) in [6, 6.07) is 14.8. The number of rotatable bonds is 6. The maximum absolute atomic E-state index is 13.9. The Balaban J connectivity index is 2.25. The normalized spacial score (nSPS) is 12.2. The van der Waals surface area contributed by atoms with Gasteiger partial charge in [-0.05, 0) is 18.6 Å². The number of anilines is 1. The molecule has 2 nitrogen and oxygen atoms in total. The van der Waals surface area contributed by atoms with Crippen LogP contribution in [0, 0.1) is 5.82 Å². The number of para-hydroxylation sites is 1. The van der Waals surface area contributed by atoms with Crippen molar-refractivity contribution in [1.29, 1.82) is 0 Å². The lowest BCUT2D eigenvalue weighted by molar-refractivity contribution is 0.185. The van der Waals surface area contributed by atoms with Crippen LogP contribution in [0.2, 0.25) is 0 Å². The Morgan fingerprint density at radius 3 is 2.50 bits per heavy atom. The molecule has 1 atom stereocenters. The molecule has 0 saturated heterocycles. The van der Waals surface area contributed by atoms with Gasteiger partial charge in [0.2, 0.25) is 0 Å². The number of ether oxygens (including phenoxy) is 1. The molecule has 0 amide bonds. The lowest BCUT2D eigenvalue weighted by atomic mass is 10.0. The van der Waals surface area contributed by atoms with Gasteiger partial charge in [-0.25, -0.2) is 4.39 Å². The molecule has 0 radical (unpaired) electrons. The molecule has 0 fully saturated rings. The molecule has 2 aromatic rings. The van der Waals surface area contributed by atoms with E-state index in [1.807, 2.05) is 43.3 Å². The van der Waals surface area contributed by atoms with Gasteiger partial charge in [-0.3, -0.25) is 0 Å². The van der Waals surface area contributed by atoms with Gasteiger partial charge >= 0.3 is 0 Å². The maximum atomic E-state index is 13.9. The summed E-state index contributed by atoms with van der Waals surface area (Å²) >= 11 is 0. The highest BCUT2D eigenvalue weighted by Crippen LogP contribution is 2.26. The van der Waals surface area contributed by atoms with Crippen LogP contribution in [0.5, 0.6) is 0 Å². The van der Waals surface area contributed by atoms with Crippen LogP contribution in [0.1, 0.15) is 30.5 Å². The van der Waals surface area contributed by atoms with Gasteiger partial charge in [0.25, 0.3) is 0 Å². The second kappa shape index (κ2) is 7.06. The van der Waals surface area contributed by atoms with Gasteiger partial charge < -0.3 is 10.1 Å². The van der Waals surface area contributed by atoms with Crippen molar-refractivity contribution >= 4 is 5.69 Å². The third-order valence-corrected chi connectivity index (χ3v) is 3.34. The molecule has 2 rings (SSSR count). The molecule has 0 bridgehead atoms. The Kier molecular flexibility index (Phi) is 5.13. The van der Waals surface area contributed by atoms with E-state index in [1.54, 1.807) is 13.2 Å². The zero-order chi connectivity index (χ0) is 14.4. The van der Waals surface area contributed by atoms with Crippen LogP contribution in [0.15, 0.2) is 48.5 Å². The Morgan fingerprint density at radius 2 is 1.80 bits per heavy atom. The van der Waals surface area contributed by atoms with Crippen molar-refractivity contribution in [1.82, 2.24) is 0 Å². The van der Waals surface area contributed by atoms with Crippen molar-refractivity contribution in [2.24, 2.45) is 0 Å². The molecule has 0 aliphatic heterocycles. The van der Waals surface area contributed by atoms with Gasteiger partial charge in [-0.15, -0.1) is 0 Å². The van der Waals surface area contributed by atoms with Gasteiger partial charge in [-0.2, -0.15) is 0 Å². The predicted molar refractivity (Wildman–Crippen MR) is 80.2 cm³/mol. The first-order valence-electron chi connectivity index (χ1n) is 6.84. The zero-order valence-corrected chi connectivity index (χ0v) is 11.9. The van der Waals surface area contributed by atoms with E-state index in [2.05, 4.69) is 5.32 Å². The van der Waals surface area contributed by atoms with E-state index >= 15 is 0 Å². The molecule has 0 aliphatic rings. The number of benzene rings is 2. The Labute approximate surface area is 119 Å². The van der Waals surface area contributed by atoms with Crippen LogP contribution < -0.4 is 5.32 Å². The van der Waals surface area contributed by atoms with E-state index in [-0.39, 0.29) is 11.9 Å². The summed E-state index contributed by atoms with van der Waals surface area (Å²) in [7, 11) is 1.67. The van der Waals surface area contributed by atoms with Crippen LogP contribution in [0.25, 0.3) is 0 Å². The van der Waals surface area contributed by atoms with E-state index in [0.717, 1.165) is 17.7 Å². The number of methoxy groups -OCH3 is 1. The number of nitrogens with one attached hydrogen (secondary N) is 1. The quantitative estimate of drug-likeness (QED) is 0.834. The molecular formula is C17H20FNO. The van der Waals surface area contributed by atoms with Gasteiger partial charge in [0.05, 0.1) is 12.6 Å². The smallest absolute Gasteiger partial charge is 0.128 e. The van der Waals surface area contributed by atoms with Gasteiger partial charge in [0.15, 0.2) is 0 Å². The topological polar surface area (TPSA) is 21.3 Å². The molecule has 106 valence electrons. The van der Waals surface area contributed by atoms with Crippen LogP contribution in [0.3, 0.4) is 0 Å². The van der Waals surface area contributed by atoms with E-state index in [1.165, 1.54) is 6.07 Å². The van der Waals surface area contributed by atoms with Crippen molar-refractivity contribution in [2.75, 3.05) is 12.4 Å². The number of hydrogen-bond acceptors (Lipinski definition) is 2. The average Bonchev–Trinajstić information content (AvgIpc) is 2.47. The Morgan fingerprint density at radius 1 is 1.10 bits per heavy atom. The van der Waals surface area contributed by atoms with Crippen molar-refractivity contribution < 1.29 is 9.13 Å². The lowest BCUT2D eigenvalue weighted by Crippen LogP contribution is -2.12. The molecule has 1 unspecified atom stereocenters. The molecule has 20 heavy (non-hydrogen) atoms. The number of hydrogen-bond donors (Lipinski definition) is 1. The molecular weight excluding hydrogens is 253 g/mol. The summed E-state index contributed by atoms with van der Waals surface area (Å²) < 4.78 is 19.1. The summed E-state index contributed by atoms with van der Waals surface area (Å²) in [5.41, 5.74) is 2.76. The largest absolute Gasteiger partial charge is 0.380 e. The first-order chi connectivity index (χ1) is 9.76. The highest BCUT2D eigenvalue weighted by Gasteiger charge is 2.14. The summed E-state index contributed by atoms with van der Waals surface area (Å²) in [6.07, 6.45) is 0.808. The average molecular weight is 273 g/mol. The van der Waals surface area contributed by atoms with Gasteiger partial charge in [-0.1, -0.05) is 43.3 Å². The van der Waals surface area contributed by atoms with Crippen LogP contribution in [-0.2, 0) is 11.3 Å². The minimum Gasteiger partial charge on any atom is -0.380 e. The van der Waals surface area contributed by atoms with Crippen molar-refractivity contribution in [3.8, 4) is 0 Å². The summed E-state index contributed by atoms with van der Waals surface area (Å²) in [4.78, 5) is 0. The lowest BCUT2D eigenvalue weighted by Gasteiger charge is -2.21. The molecule has 1 N–H and O–H groups in total. The summed E-state index contributed by atoms with van der Waals surface area (Å²) in [5.74, 6) is -0.170.